The molecule has 7 nitrogen and oxygen atoms in total. The lowest BCUT2D eigenvalue weighted by atomic mass is 9.86. The fourth-order valence-corrected chi connectivity index (χ4v) is 4.65. The van der Waals surface area contributed by atoms with Gasteiger partial charge in [0.1, 0.15) is 5.82 Å². The van der Waals surface area contributed by atoms with E-state index in [0.29, 0.717) is 24.5 Å². The van der Waals surface area contributed by atoms with Crippen molar-refractivity contribution in [3.63, 3.8) is 0 Å². The Morgan fingerprint density at radius 3 is 2.45 bits per heavy atom. The van der Waals surface area contributed by atoms with Crippen LogP contribution in [0.5, 0.6) is 0 Å². The lowest BCUT2D eigenvalue weighted by Crippen LogP contribution is -2.36. The molecule has 1 saturated carbocycles. The number of nitrogens with zero attached hydrogens (tertiary/aromatic N) is 3. The molecule has 0 unspecified atom stereocenters. The van der Waals surface area contributed by atoms with Crippen molar-refractivity contribution in [3.05, 3.63) is 48.5 Å². The third-order valence-electron chi connectivity index (χ3n) is 6.09. The van der Waals surface area contributed by atoms with Crippen LogP contribution in [0.1, 0.15) is 25.7 Å². The van der Waals surface area contributed by atoms with Gasteiger partial charge in [0.25, 0.3) is 0 Å². The molecule has 1 fully saturated rings. The largest absolute Gasteiger partial charge is 0.362 e. The summed E-state index contributed by atoms with van der Waals surface area (Å²) >= 11 is 1.68. The minimum absolute atomic E-state index is 0.145. The zero-order valence-electron chi connectivity index (χ0n) is 19.5. The van der Waals surface area contributed by atoms with Gasteiger partial charge >= 0.3 is 6.03 Å². The Kier molecular flexibility index (Phi) is 7.54. The Labute approximate surface area is 199 Å². The second-order valence-corrected chi connectivity index (χ2v) is 9.59. The van der Waals surface area contributed by atoms with E-state index in [-0.39, 0.29) is 6.03 Å². The van der Waals surface area contributed by atoms with E-state index in [4.69, 9.17) is 9.97 Å². The van der Waals surface area contributed by atoms with Crippen molar-refractivity contribution in [2.75, 3.05) is 42.4 Å². The van der Waals surface area contributed by atoms with Crippen LogP contribution in [0.25, 0.3) is 10.9 Å². The molecule has 0 bridgehead atoms. The van der Waals surface area contributed by atoms with Crippen molar-refractivity contribution < 1.29 is 4.79 Å². The highest BCUT2D eigenvalue weighted by Crippen LogP contribution is 2.28. The van der Waals surface area contributed by atoms with Crippen LogP contribution in [0.15, 0.2) is 53.4 Å². The topological polar surface area (TPSA) is 82.2 Å². The van der Waals surface area contributed by atoms with Gasteiger partial charge in [0, 0.05) is 42.7 Å². The molecule has 1 heterocycles. The maximum absolute atomic E-state index is 12.2. The Morgan fingerprint density at radius 2 is 1.76 bits per heavy atom. The molecule has 33 heavy (non-hydrogen) atoms. The van der Waals surface area contributed by atoms with Gasteiger partial charge in [-0.1, -0.05) is 12.1 Å². The van der Waals surface area contributed by atoms with Gasteiger partial charge in [0.2, 0.25) is 5.95 Å². The van der Waals surface area contributed by atoms with Crippen LogP contribution in [0.4, 0.5) is 22.2 Å². The number of amides is 2. The number of fused-ring (bicyclic) bond motifs is 1. The fourth-order valence-electron chi connectivity index (χ4n) is 4.25. The summed E-state index contributed by atoms with van der Waals surface area (Å²) in [6, 6.07) is 16.2. The normalized spacial score (nSPS) is 18.0. The summed E-state index contributed by atoms with van der Waals surface area (Å²) in [6.07, 6.45) is 6.24. The molecule has 0 atom stereocenters. The third kappa shape index (κ3) is 6.07. The molecule has 0 spiro atoms. The van der Waals surface area contributed by atoms with E-state index in [0.717, 1.165) is 48.1 Å². The van der Waals surface area contributed by atoms with Crippen LogP contribution in [-0.4, -0.2) is 48.9 Å². The summed E-state index contributed by atoms with van der Waals surface area (Å²) in [5, 5.41) is 10.5. The van der Waals surface area contributed by atoms with Crippen molar-refractivity contribution >= 4 is 46.1 Å². The molecule has 4 rings (SSSR count). The average molecular weight is 465 g/mol. The lowest BCUT2D eigenvalue weighted by Gasteiger charge is -2.29. The first kappa shape index (κ1) is 23.2. The van der Waals surface area contributed by atoms with E-state index in [1.807, 2.05) is 67.7 Å². The number of thioether (sulfide) groups is 1. The summed E-state index contributed by atoms with van der Waals surface area (Å²) < 4.78 is 0. The Bertz CT molecular complexity index is 1080. The number of benzene rings is 2. The molecule has 0 aliphatic heterocycles. The third-order valence-corrected chi connectivity index (χ3v) is 6.83. The van der Waals surface area contributed by atoms with Crippen molar-refractivity contribution in [3.8, 4) is 0 Å². The molecule has 1 aliphatic rings. The predicted molar refractivity (Wildman–Crippen MR) is 138 cm³/mol. The molecule has 0 saturated heterocycles. The molecule has 3 aromatic rings. The first-order chi connectivity index (χ1) is 16.0. The number of carbonyl (C=O) groups is 1. The average Bonchev–Trinajstić information content (AvgIpc) is 2.83. The summed E-state index contributed by atoms with van der Waals surface area (Å²) in [7, 11) is 4.01. The maximum atomic E-state index is 12.2. The van der Waals surface area contributed by atoms with Crippen LogP contribution in [-0.2, 0) is 0 Å². The molecule has 8 heteroatoms. The van der Waals surface area contributed by atoms with E-state index < -0.39 is 0 Å². The first-order valence-corrected chi connectivity index (χ1v) is 12.6. The zero-order valence-corrected chi connectivity index (χ0v) is 20.3. The predicted octanol–water partition coefficient (Wildman–Crippen LogP) is 5.21. The molecule has 2 amide bonds. The SMILES string of the molecule is CSc1ccc(NC(=O)NC[C@H]2CC[C@@H](Nc3nc(N(C)C)c4ccccc4n3)CC2)cc1. The van der Waals surface area contributed by atoms with Gasteiger partial charge in [-0.3, -0.25) is 0 Å². The maximum Gasteiger partial charge on any atom is 0.319 e. The standard InChI is InChI=1S/C25H32N6OS/c1-31(2)23-21-6-4-5-7-22(21)29-24(30-23)27-18-10-8-17(9-11-18)16-26-25(32)28-19-12-14-20(33-3)15-13-19/h4-7,12-15,17-18H,8-11,16H2,1-3H3,(H2,26,28,32)(H,27,29,30)/t17-,18+. The minimum Gasteiger partial charge on any atom is -0.362 e. The number of rotatable bonds is 7. The lowest BCUT2D eigenvalue weighted by molar-refractivity contribution is 0.246. The number of carbonyl (C=O) groups excluding carboxylic acids is 1. The van der Waals surface area contributed by atoms with E-state index in [2.05, 4.69) is 22.0 Å². The number of nitrogens with one attached hydrogen (secondary N) is 3. The van der Waals surface area contributed by atoms with Crippen LogP contribution in [0.2, 0.25) is 0 Å². The Hall–Kier alpha value is -3.00. The van der Waals surface area contributed by atoms with Crippen molar-refractivity contribution in [1.29, 1.82) is 0 Å². The number of hydrogen-bond acceptors (Lipinski definition) is 6. The highest BCUT2D eigenvalue weighted by Gasteiger charge is 2.22. The van der Waals surface area contributed by atoms with Gasteiger partial charge in [-0.15, -0.1) is 11.8 Å². The second kappa shape index (κ2) is 10.7. The van der Waals surface area contributed by atoms with E-state index >= 15 is 0 Å². The molecular formula is C25H32N6OS. The minimum atomic E-state index is -0.145. The molecule has 1 aliphatic carbocycles. The summed E-state index contributed by atoms with van der Waals surface area (Å²) in [4.78, 5) is 24.9. The smallest absolute Gasteiger partial charge is 0.319 e. The molecule has 174 valence electrons. The quantitative estimate of drug-likeness (QED) is 0.417. The number of aromatic nitrogens is 2. The van der Waals surface area contributed by atoms with Gasteiger partial charge in [-0.05, 0) is 74.3 Å². The van der Waals surface area contributed by atoms with Crippen molar-refractivity contribution in [2.45, 2.75) is 36.6 Å². The van der Waals surface area contributed by atoms with Gasteiger partial charge in [0.15, 0.2) is 0 Å². The van der Waals surface area contributed by atoms with E-state index in [9.17, 15) is 4.79 Å². The molecule has 0 radical (unpaired) electrons. The van der Waals surface area contributed by atoms with Crippen molar-refractivity contribution in [1.82, 2.24) is 15.3 Å². The molecular weight excluding hydrogens is 432 g/mol. The van der Waals surface area contributed by atoms with E-state index in [1.165, 1.54) is 4.90 Å². The van der Waals surface area contributed by atoms with Gasteiger partial charge in [-0.2, -0.15) is 4.98 Å². The Balaban J connectivity index is 1.25. The summed E-state index contributed by atoms with van der Waals surface area (Å²) in [5.74, 6) is 2.10. The van der Waals surface area contributed by atoms with Crippen LogP contribution in [0, 0.1) is 5.92 Å². The number of anilines is 3. The molecule has 3 N–H and O–H groups in total. The number of para-hydroxylation sites is 1. The summed E-state index contributed by atoms with van der Waals surface area (Å²) in [6.45, 7) is 0.693. The highest BCUT2D eigenvalue weighted by molar-refractivity contribution is 7.98. The zero-order chi connectivity index (χ0) is 23.2. The number of hydrogen-bond donors (Lipinski definition) is 3. The molecule has 2 aromatic carbocycles. The van der Waals surface area contributed by atoms with Gasteiger partial charge < -0.3 is 20.9 Å². The Morgan fingerprint density at radius 1 is 1.03 bits per heavy atom. The van der Waals surface area contributed by atoms with Gasteiger partial charge in [-0.25, -0.2) is 9.78 Å². The highest BCUT2D eigenvalue weighted by atomic mass is 32.2. The van der Waals surface area contributed by atoms with Crippen molar-refractivity contribution in [2.24, 2.45) is 5.92 Å². The molecule has 1 aromatic heterocycles. The monoisotopic (exact) mass is 464 g/mol. The van der Waals surface area contributed by atoms with Gasteiger partial charge in [0.05, 0.1) is 5.52 Å². The summed E-state index contributed by atoms with van der Waals surface area (Å²) in [5.41, 5.74) is 1.76. The number of urea groups is 1. The first-order valence-electron chi connectivity index (χ1n) is 11.4. The van der Waals surface area contributed by atoms with E-state index in [1.54, 1.807) is 11.8 Å². The fraction of sp³-hybridized carbons (Fsp3) is 0.400. The van der Waals surface area contributed by atoms with Crippen LogP contribution in [0.3, 0.4) is 0 Å². The van der Waals surface area contributed by atoms with Crippen LogP contribution >= 0.6 is 11.8 Å². The van der Waals surface area contributed by atoms with Crippen LogP contribution < -0.4 is 20.9 Å². The second-order valence-electron chi connectivity index (χ2n) is 8.71.